The Bertz CT molecular complexity index is 719. The van der Waals surface area contributed by atoms with E-state index in [0.29, 0.717) is 5.69 Å². The lowest BCUT2D eigenvalue weighted by Gasteiger charge is -2.03. The Labute approximate surface area is 112 Å². The zero-order valence-electron chi connectivity index (χ0n) is 9.38. The average Bonchev–Trinajstić information content (AvgIpc) is 2.81. The second kappa shape index (κ2) is 4.38. The molecule has 0 atom stereocenters. The van der Waals surface area contributed by atoms with Crippen molar-refractivity contribution >= 4 is 32.7 Å². The van der Waals surface area contributed by atoms with E-state index in [-0.39, 0.29) is 5.91 Å². The number of carbonyl (C=O) groups excluding carboxylic acids is 1. The monoisotopic (exact) mass is 300 g/mol. The number of nitrogens with zero attached hydrogens (tertiary/aromatic N) is 2. The van der Waals surface area contributed by atoms with E-state index in [1.165, 1.54) is 0 Å². The first-order valence-corrected chi connectivity index (χ1v) is 6.27. The van der Waals surface area contributed by atoms with Gasteiger partial charge >= 0.3 is 0 Å². The van der Waals surface area contributed by atoms with Crippen molar-refractivity contribution in [1.82, 2.24) is 9.55 Å². The molecule has 2 heterocycles. The summed E-state index contributed by atoms with van der Waals surface area (Å²) in [5.41, 5.74) is 1.33. The van der Waals surface area contributed by atoms with Crippen LogP contribution in [0.4, 0.5) is 0 Å². The number of hydrogen-bond donors (Lipinski definition) is 0. The summed E-state index contributed by atoms with van der Waals surface area (Å²) in [5.74, 6) is -0.118. The Kier molecular flexibility index (Phi) is 2.72. The molecule has 0 aliphatic heterocycles. The molecule has 88 valence electrons. The molecule has 0 aliphatic rings. The number of aromatic nitrogens is 2. The van der Waals surface area contributed by atoms with Crippen LogP contribution in [0.15, 0.2) is 59.3 Å². The highest BCUT2D eigenvalue weighted by Gasteiger charge is 2.11. The molecule has 3 aromatic rings. The van der Waals surface area contributed by atoms with Gasteiger partial charge in [0.25, 0.3) is 5.91 Å². The van der Waals surface area contributed by atoms with Crippen molar-refractivity contribution in [3.8, 4) is 0 Å². The lowest BCUT2D eigenvalue weighted by atomic mass is 10.2. The molecule has 0 saturated heterocycles. The third-order valence-corrected chi connectivity index (χ3v) is 3.25. The molecule has 18 heavy (non-hydrogen) atoms. The fourth-order valence-electron chi connectivity index (χ4n) is 1.90. The van der Waals surface area contributed by atoms with E-state index >= 15 is 0 Å². The number of rotatable bonds is 1. The van der Waals surface area contributed by atoms with Crippen LogP contribution < -0.4 is 0 Å². The molecule has 4 heteroatoms. The Hall–Kier alpha value is -1.94. The van der Waals surface area contributed by atoms with Crippen LogP contribution in [0.25, 0.3) is 10.9 Å². The van der Waals surface area contributed by atoms with E-state index in [0.717, 1.165) is 15.4 Å². The summed E-state index contributed by atoms with van der Waals surface area (Å²) < 4.78 is 2.61. The Morgan fingerprint density at radius 1 is 1.17 bits per heavy atom. The topological polar surface area (TPSA) is 34.9 Å². The first-order chi connectivity index (χ1) is 8.75. The lowest BCUT2D eigenvalue weighted by Crippen LogP contribution is -2.11. The lowest BCUT2D eigenvalue weighted by molar-refractivity contribution is 0.0960. The van der Waals surface area contributed by atoms with E-state index in [4.69, 9.17) is 0 Å². The van der Waals surface area contributed by atoms with Gasteiger partial charge in [-0.3, -0.25) is 14.3 Å². The van der Waals surface area contributed by atoms with E-state index in [1.807, 2.05) is 30.3 Å². The second-order valence-corrected chi connectivity index (χ2v) is 4.82. The van der Waals surface area contributed by atoms with Gasteiger partial charge in [-0.1, -0.05) is 22.0 Å². The maximum Gasteiger partial charge on any atom is 0.280 e. The maximum absolute atomic E-state index is 12.3. The van der Waals surface area contributed by atoms with Crippen LogP contribution >= 0.6 is 15.9 Å². The Morgan fingerprint density at radius 3 is 2.83 bits per heavy atom. The fourth-order valence-corrected chi connectivity index (χ4v) is 2.28. The number of halogens is 1. The third-order valence-electron chi connectivity index (χ3n) is 2.76. The molecule has 0 unspecified atom stereocenters. The van der Waals surface area contributed by atoms with Gasteiger partial charge in [0, 0.05) is 22.3 Å². The van der Waals surface area contributed by atoms with Crippen LogP contribution in [0.2, 0.25) is 0 Å². The normalized spacial score (nSPS) is 10.7. The predicted octanol–water partition coefficient (Wildman–Crippen LogP) is 3.49. The van der Waals surface area contributed by atoms with Crippen LogP contribution in [-0.4, -0.2) is 15.5 Å². The molecule has 0 spiro atoms. The first-order valence-electron chi connectivity index (χ1n) is 5.48. The Balaban J connectivity index is 2.13. The average molecular weight is 301 g/mol. The van der Waals surface area contributed by atoms with Crippen LogP contribution in [0, 0.1) is 0 Å². The highest BCUT2D eigenvalue weighted by Crippen LogP contribution is 2.21. The van der Waals surface area contributed by atoms with Gasteiger partial charge in [0.15, 0.2) is 0 Å². The van der Waals surface area contributed by atoms with Crippen LogP contribution in [0.1, 0.15) is 10.5 Å². The molecule has 0 amide bonds. The highest BCUT2D eigenvalue weighted by atomic mass is 79.9. The van der Waals surface area contributed by atoms with Crippen molar-refractivity contribution < 1.29 is 4.79 Å². The van der Waals surface area contributed by atoms with Crippen molar-refractivity contribution in [3.05, 3.63) is 65.0 Å². The number of carbonyl (C=O) groups is 1. The molecule has 0 N–H and O–H groups in total. The Morgan fingerprint density at radius 2 is 2.06 bits per heavy atom. The van der Waals surface area contributed by atoms with Crippen molar-refractivity contribution in [2.24, 2.45) is 0 Å². The van der Waals surface area contributed by atoms with Crippen molar-refractivity contribution in [2.75, 3.05) is 0 Å². The second-order valence-electron chi connectivity index (χ2n) is 3.91. The summed E-state index contributed by atoms with van der Waals surface area (Å²) in [6.07, 6.45) is 3.39. The zero-order valence-corrected chi connectivity index (χ0v) is 11.0. The van der Waals surface area contributed by atoms with E-state index in [9.17, 15) is 4.79 Å². The van der Waals surface area contributed by atoms with Gasteiger partial charge in [0.2, 0.25) is 0 Å². The third kappa shape index (κ3) is 1.84. The molecule has 3 nitrogen and oxygen atoms in total. The number of benzene rings is 1. The molecular weight excluding hydrogens is 292 g/mol. The summed E-state index contributed by atoms with van der Waals surface area (Å²) in [5, 5.41) is 1.02. The summed E-state index contributed by atoms with van der Waals surface area (Å²) in [4.78, 5) is 16.4. The van der Waals surface area contributed by atoms with Gasteiger partial charge in [-0.2, -0.15) is 0 Å². The summed E-state index contributed by atoms with van der Waals surface area (Å²) in [6.45, 7) is 0. The molecule has 0 radical (unpaired) electrons. The summed E-state index contributed by atoms with van der Waals surface area (Å²) in [7, 11) is 0. The number of pyridine rings is 1. The molecule has 0 fully saturated rings. The molecule has 0 saturated carbocycles. The molecular formula is C14H9BrN2O. The molecule has 2 aromatic heterocycles. The van der Waals surface area contributed by atoms with Gasteiger partial charge in [-0.25, -0.2) is 0 Å². The van der Waals surface area contributed by atoms with Gasteiger partial charge < -0.3 is 0 Å². The number of hydrogen-bond acceptors (Lipinski definition) is 2. The first kappa shape index (κ1) is 11.2. The van der Waals surface area contributed by atoms with Crippen LogP contribution in [0.5, 0.6) is 0 Å². The molecule has 1 aromatic carbocycles. The SMILES string of the molecule is O=C(c1ccccn1)n1ccc2cc(Br)ccc21. The molecule has 0 bridgehead atoms. The standard InChI is InChI=1S/C14H9BrN2O/c15-11-4-5-13-10(9-11)6-8-17(13)14(18)12-3-1-2-7-16-12/h1-9H. The summed E-state index contributed by atoms with van der Waals surface area (Å²) in [6, 6.07) is 13.1. The largest absolute Gasteiger partial charge is 0.282 e. The molecule has 3 rings (SSSR count). The van der Waals surface area contributed by atoms with Gasteiger partial charge in [-0.15, -0.1) is 0 Å². The number of fused-ring (bicyclic) bond motifs is 1. The minimum absolute atomic E-state index is 0.118. The minimum Gasteiger partial charge on any atom is -0.282 e. The van der Waals surface area contributed by atoms with Crippen LogP contribution in [0.3, 0.4) is 0 Å². The maximum atomic E-state index is 12.3. The summed E-state index contributed by atoms with van der Waals surface area (Å²) >= 11 is 3.42. The van der Waals surface area contributed by atoms with E-state index < -0.39 is 0 Å². The van der Waals surface area contributed by atoms with E-state index in [1.54, 1.807) is 29.1 Å². The van der Waals surface area contributed by atoms with Gasteiger partial charge in [0.05, 0.1) is 5.52 Å². The van der Waals surface area contributed by atoms with Gasteiger partial charge in [0.1, 0.15) is 5.69 Å². The van der Waals surface area contributed by atoms with Crippen molar-refractivity contribution in [1.29, 1.82) is 0 Å². The van der Waals surface area contributed by atoms with Crippen LogP contribution in [-0.2, 0) is 0 Å². The highest BCUT2D eigenvalue weighted by molar-refractivity contribution is 9.10. The van der Waals surface area contributed by atoms with Crippen molar-refractivity contribution in [3.63, 3.8) is 0 Å². The minimum atomic E-state index is -0.118. The smallest absolute Gasteiger partial charge is 0.280 e. The quantitative estimate of drug-likeness (QED) is 0.689. The molecule has 0 aliphatic carbocycles. The van der Waals surface area contributed by atoms with E-state index in [2.05, 4.69) is 20.9 Å². The fraction of sp³-hybridized carbons (Fsp3) is 0. The van der Waals surface area contributed by atoms with Gasteiger partial charge in [-0.05, 0) is 36.4 Å². The zero-order chi connectivity index (χ0) is 12.5. The predicted molar refractivity (Wildman–Crippen MR) is 73.6 cm³/mol. The van der Waals surface area contributed by atoms with Crippen molar-refractivity contribution in [2.45, 2.75) is 0 Å².